The Labute approximate surface area is 170 Å². The summed E-state index contributed by atoms with van der Waals surface area (Å²) in [5.74, 6) is 0.900. The van der Waals surface area contributed by atoms with E-state index in [1.165, 1.54) is 7.11 Å². The van der Waals surface area contributed by atoms with E-state index >= 15 is 0 Å². The van der Waals surface area contributed by atoms with E-state index < -0.39 is 14.6 Å². The van der Waals surface area contributed by atoms with Gasteiger partial charge in [-0.15, -0.1) is 0 Å². The van der Waals surface area contributed by atoms with Gasteiger partial charge in [-0.25, -0.2) is 13.4 Å². The molecule has 2 heterocycles. The molecule has 0 N–H and O–H groups in total. The van der Waals surface area contributed by atoms with Crippen molar-refractivity contribution < 1.29 is 17.7 Å². The summed E-state index contributed by atoms with van der Waals surface area (Å²) in [5.41, 5.74) is 2.28. The van der Waals surface area contributed by atoms with Gasteiger partial charge in [-0.05, 0) is 49.9 Å². The number of nitrogens with zero attached hydrogens (tertiary/aromatic N) is 3. The summed E-state index contributed by atoms with van der Waals surface area (Å²) in [5, 5.41) is 4.06. The highest BCUT2D eigenvalue weighted by Gasteiger charge is 2.53. The molecule has 7 nitrogen and oxygen atoms in total. The molecule has 1 fully saturated rings. The van der Waals surface area contributed by atoms with E-state index in [-0.39, 0.29) is 5.89 Å². The highest BCUT2D eigenvalue weighted by Crippen LogP contribution is 2.48. The number of sulfone groups is 1. The molecule has 0 unspecified atom stereocenters. The summed E-state index contributed by atoms with van der Waals surface area (Å²) < 4.78 is 37.1. The van der Waals surface area contributed by atoms with Crippen LogP contribution < -0.4 is 4.74 Å². The maximum Gasteiger partial charge on any atom is 0.248 e. The molecule has 0 atom stereocenters. The maximum atomic E-state index is 13.8. The first-order valence-corrected chi connectivity index (χ1v) is 11.0. The number of pyridine rings is 1. The van der Waals surface area contributed by atoms with Gasteiger partial charge in [0.05, 0.1) is 12.0 Å². The third-order valence-electron chi connectivity index (χ3n) is 5.58. The Bertz CT molecular complexity index is 1150. The van der Waals surface area contributed by atoms with Crippen LogP contribution in [0.2, 0.25) is 0 Å². The van der Waals surface area contributed by atoms with Gasteiger partial charge in [0, 0.05) is 17.8 Å². The second kappa shape index (κ2) is 7.26. The number of methoxy groups -OCH3 is 1. The van der Waals surface area contributed by atoms with Crippen molar-refractivity contribution in [1.29, 1.82) is 0 Å². The molecule has 0 amide bonds. The first kappa shape index (κ1) is 19.6. The lowest BCUT2D eigenvalue weighted by atomic mass is 10.1. The van der Waals surface area contributed by atoms with Gasteiger partial charge in [-0.2, -0.15) is 4.98 Å². The highest BCUT2D eigenvalue weighted by molar-refractivity contribution is 7.92. The van der Waals surface area contributed by atoms with E-state index in [0.717, 1.165) is 24.0 Å². The Hall–Kier alpha value is -2.74. The Balaban J connectivity index is 1.82. The van der Waals surface area contributed by atoms with E-state index in [9.17, 15) is 8.42 Å². The Kier molecular flexibility index (Phi) is 4.90. The van der Waals surface area contributed by atoms with E-state index in [4.69, 9.17) is 9.26 Å². The van der Waals surface area contributed by atoms with Crippen LogP contribution in [0.5, 0.6) is 5.88 Å². The molecule has 29 heavy (non-hydrogen) atoms. The van der Waals surface area contributed by atoms with Crippen LogP contribution in [-0.2, 0) is 14.6 Å². The molecule has 0 bridgehead atoms. The lowest BCUT2D eigenvalue weighted by molar-refractivity contribution is 0.330. The van der Waals surface area contributed by atoms with Crippen LogP contribution in [0.4, 0.5) is 0 Å². The van der Waals surface area contributed by atoms with Crippen LogP contribution in [-0.4, -0.2) is 30.7 Å². The SMILES string of the molecule is COc1cc(-c2noc(C3(S(=O)(=O)c4cc(C)ccc4C)CCCC3)n2)ccn1. The number of aryl methyl sites for hydroxylation is 2. The van der Waals surface area contributed by atoms with Gasteiger partial charge in [-0.1, -0.05) is 30.1 Å². The number of hydrogen-bond acceptors (Lipinski definition) is 7. The largest absolute Gasteiger partial charge is 0.481 e. The fraction of sp³-hybridized carbons (Fsp3) is 0.381. The second-order valence-corrected chi connectivity index (χ2v) is 9.71. The number of hydrogen-bond donors (Lipinski definition) is 0. The highest BCUT2D eigenvalue weighted by atomic mass is 32.2. The predicted octanol–water partition coefficient (Wildman–Crippen LogP) is 4.00. The van der Waals surface area contributed by atoms with Crippen molar-refractivity contribution >= 4 is 9.84 Å². The average molecular weight is 413 g/mol. The minimum atomic E-state index is -3.72. The molecule has 3 aromatic rings. The molecule has 0 aliphatic heterocycles. The van der Waals surface area contributed by atoms with Crippen molar-refractivity contribution in [2.45, 2.75) is 49.2 Å². The van der Waals surface area contributed by atoms with Gasteiger partial charge in [0.25, 0.3) is 0 Å². The average Bonchev–Trinajstić information content (AvgIpc) is 3.40. The van der Waals surface area contributed by atoms with Crippen molar-refractivity contribution in [2.24, 2.45) is 0 Å². The normalized spacial score (nSPS) is 16.1. The van der Waals surface area contributed by atoms with Crippen LogP contribution in [0.25, 0.3) is 11.4 Å². The molecule has 8 heteroatoms. The molecule has 1 aliphatic carbocycles. The molecule has 1 saturated carbocycles. The van der Waals surface area contributed by atoms with Crippen LogP contribution in [0.3, 0.4) is 0 Å². The third kappa shape index (κ3) is 3.21. The molecule has 1 aliphatic rings. The van der Waals surface area contributed by atoms with E-state index in [0.29, 0.717) is 35.0 Å². The molecule has 0 saturated heterocycles. The summed E-state index contributed by atoms with van der Waals surface area (Å²) in [6.45, 7) is 3.71. The molecule has 152 valence electrons. The van der Waals surface area contributed by atoms with Gasteiger partial charge in [0.1, 0.15) is 0 Å². The first-order valence-electron chi connectivity index (χ1n) is 9.54. The Morgan fingerprint density at radius 2 is 1.86 bits per heavy atom. The second-order valence-electron chi connectivity index (χ2n) is 7.48. The van der Waals surface area contributed by atoms with E-state index in [2.05, 4.69) is 15.1 Å². The summed E-state index contributed by atoms with van der Waals surface area (Å²) >= 11 is 0. The lowest BCUT2D eigenvalue weighted by Gasteiger charge is -2.25. The Morgan fingerprint density at radius 3 is 2.59 bits per heavy atom. The van der Waals surface area contributed by atoms with Crippen LogP contribution in [0.15, 0.2) is 45.9 Å². The van der Waals surface area contributed by atoms with Gasteiger partial charge in [0.2, 0.25) is 17.6 Å². The summed E-state index contributed by atoms with van der Waals surface area (Å²) in [7, 11) is -2.20. The smallest absolute Gasteiger partial charge is 0.248 e. The third-order valence-corrected chi connectivity index (χ3v) is 8.21. The van der Waals surface area contributed by atoms with E-state index in [1.807, 2.05) is 26.0 Å². The minimum Gasteiger partial charge on any atom is -0.481 e. The minimum absolute atomic E-state index is 0.154. The van der Waals surface area contributed by atoms with Gasteiger partial charge in [0.15, 0.2) is 14.6 Å². The fourth-order valence-corrected chi connectivity index (χ4v) is 6.33. The van der Waals surface area contributed by atoms with Crippen molar-refractivity contribution in [1.82, 2.24) is 15.1 Å². The molecular formula is C21H23N3O4S. The molecule has 0 spiro atoms. The zero-order valence-corrected chi connectivity index (χ0v) is 17.5. The zero-order chi connectivity index (χ0) is 20.6. The zero-order valence-electron chi connectivity index (χ0n) is 16.7. The van der Waals surface area contributed by atoms with Gasteiger partial charge in [-0.3, -0.25) is 0 Å². The van der Waals surface area contributed by atoms with Crippen molar-refractivity contribution in [3.05, 3.63) is 53.5 Å². The number of ether oxygens (including phenoxy) is 1. The number of aromatic nitrogens is 3. The van der Waals surface area contributed by atoms with Crippen molar-refractivity contribution in [3.8, 4) is 17.3 Å². The van der Waals surface area contributed by atoms with Crippen molar-refractivity contribution in [3.63, 3.8) is 0 Å². The summed E-state index contributed by atoms with van der Waals surface area (Å²) in [6, 6.07) is 8.91. The van der Waals surface area contributed by atoms with Crippen molar-refractivity contribution in [2.75, 3.05) is 7.11 Å². The molecular weight excluding hydrogens is 390 g/mol. The van der Waals surface area contributed by atoms with E-state index in [1.54, 1.807) is 24.4 Å². The number of rotatable bonds is 5. The molecule has 4 rings (SSSR count). The number of benzene rings is 1. The Morgan fingerprint density at radius 1 is 1.10 bits per heavy atom. The van der Waals surface area contributed by atoms with Crippen LogP contribution in [0, 0.1) is 13.8 Å². The fourth-order valence-electron chi connectivity index (χ4n) is 3.94. The molecule has 2 aromatic heterocycles. The molecule has 0 radical (unpaired) electrons. The first-order chi connectivity index (χ1) is 13.9. The van der Waals surface area contributed by atoms with Gasteiger partial charge < -0.3 is 9.26 Å². The molecule has 1 aromatic carbocycles. The maximum absolute atomic E-state index is 13.8. The monoisotopic (exact) mass is 413 g/mol. The van der Waals surface area contributed by atoms with Crippen LogP contribution in [0.1, 0.15) is 42.7 Å². The standard InChI is InChI=1S/C21H23N3O4S/c1-14-6-7-15(2)17(12-14)29(25,26)21(9-4-5-10-21)20-23-19(24-28-20)16-8-11-22-18(13-16)27-3/h6-8,11-13H,4-5,9-10H2,1-3H3. The lowest BCUT2D eigenvalue weighted by Crippen LogP contribution is -2.34. The van der Waals surface area contributed by atoms with Crippen LogP contribution >= 0.6 is 0 Å². The predicted molar refractivity (Wildman–Crippen MR) is 107 cm³/mol. The van der Waals surface area contributed by atoms with Gasteiger partial charge >= 0.3 is 0 Å². The summed E-state index contributed by atoms with van der Waals surface area (Å²) in [4.78, 5) is 8.93. The topological polar surface area (TPSA) is 95.2 Å². The summed E-state index contributed by atoms with van der Waals surface area (Å²) in [6.07, 6.45) is 4.10. The quantitative estimate of drug-likeness (QED) is 0.624.